The number of hydrogen-bond donors (Lipinski definition) is 0. The molecule has 0 aliphatic rings. The van der Waals surface area contributed by atoms with Crippen molar-refractivity contribution >= 4 is 31.9 Å². The second-order valence-electron chi connectivity index (χ2n) is 3.57. The maximum atomic E-state index is 5.77. The maximum absolute atomic E-state index is 5.77. The van der Waals surface area contributed by atoms with Crippen molar-refractivity contribution in [2.75, 3.05) is 7.11 Å². The predicted molar refractivity (Wildman–Crippen MR) is 77.0 cm³/mol. The summed E-state index contributed by atoms with van der Waals surface area (Å²) in [5.74, 6) is 1.40. The summed E-state index contributed by atoms with van der Waals surface area (Å²) >= 11 is 6.83. The van der Waals surface area contributed by atoms with E-state index >= 15 is 0 Å². The Bertz CT molecular complexity index is 546. The molecule has 18 heavy (non-hydrogen) atoms. The van der Waals surface area contributed by atoms with Crippen molar-refractivity contribution in [2.24, 2.45) is 0 Å². The minimum Gasteiger partial charge on any atom is -0.493 e. The highest BCUT2D eigenvalue weighted by Crippen LogP contribution is 2.35. The molecule has 94 valence electrons. The second kappa shape index (κ2) is 6.20. The molecule has 0 N–H and O–H groups in total. The first-order valence-corrected chi connectivity index (χ1v) is 6.84. The largest absolute Gasteiger partial charge is 0.493 e. The van der Waals surface area contributed by atoms with Gasteiger partial charge in [0.25, 0.3) is 0 Å². The highest BCUT2D eigenvalue weighted by molar-refractivity contribution is 9.10. The van der Waals surface area contributed by atoms with E-state index in [0.717, 1.165) is 14.5 Å². The molecule has 5 heteroatoms. The number of ether oxygens (including phenoxy) is 2. The Hall–Kier alpha value is -1.07. The van der Waals surface area contributed by atoms with Gasteiger partial charge in [-0.3, -0.25) is 4.98 Å². The molecule has 3 nitrogen and oxygen atoms in total. The van der Waals surface area contributed by atoms with Gasteiger partial charge in [0, 0.05) is 22.4 Å². The lowest BCUT2D eigenvalue weighted by molar-refractivity contribution is 0.282. The molecule has 0 aliphatic carbocycles. The topological polar surface area (TPSA) is 31.4 Å². The van der Waals surface area contributed by atoms with Crippen molar-refractivity contribution in [3.63, 3.8) is 0 Å². The van der Waals surface area contributed by atoms with E-state index in [9.17, 15) is 0 Å². The number of benzene rings is 1. The van der Waals surface area contributed by atoms with Gasteiger partial charge in [0.1, 0.15) is 6.61 Å². The van der Waals surface area contributed by atoms with Gasteiger partial charge in [-0.1, -0.05) is 6.07 Å². The van der Waals surface area contributed by atoms with Gasteiger partial charge in [-0.05, 0) is 50.1 Å². The van der Waals surface area contributed by atoms with Crippen molar-refractivity contribution < 1.29 is 9.47 Å². The summed E-state index contributed by atoms with van der Waals surface area (Å²) < 4.78 is 12.8. The Morgan fingerprint density at radius 2 is 2.06 bits per heavy atom. The molecule has 0 saturated heterocycles. The van der Waals surface area contributed by atoms with Gasteiger partial charge in [0.05, 0.1) is 11.6 Å². The van der Waals surface area contributed by atoms with Crippen LogP contribution in [0.1, 0.15) is 5.56 Å². The van der Waals surface area contributed by atoms with E-state index in [-0.39, 0.29) is 0 Å². The SMILES string of the molecule is COc1cccc(Br)c1OCc1cncc(Br)c1. The molecule has 1 aromatic heterocycles. The average Bonchev–Trinajstić information content (AvgIpc) is 2.37. The fraction of sp³-hybridized carbons (Fsp3) is 0.154. The Labute approximate surface area is 122 Å². The Balaban J connectivity index is 2.15. The Morgan fingerprint density at radius 1 is 1.22 bits per heavy atom. The molecule has 0 bridgehead atoms. The first-order chi connectivity index (χ1) is 8.70. The number of hydrogen-bond acceptors (Lipinski definition) is 3. The van der Waals surface area contributed by atoms with Crippen molar-refractivity contribution in [3.8, 4) is 11.5 Å². The summed E-state index contributed by atoms with van der Waals surface area (Å²) in [6.45, 7) is 0.436. The zero-order chi connectivity index (χ0) is 13.0. The van der Waals surface area contributed by atoms with E-state index in [2.05, 4.69) is 36.8 Å². The van der Waals surface area contributed by atoms with Crippen LogP contribution in [0.25, 0.3) is 0 Å². The molecule has 0 spiro atoms. The van der Waals surface area contributed by atoms with Crippen LogP contribution in [-0.2, 0) is 6.61 Å². The lowest BCUT2D eigenvalue weighted by Gasteiger charge is -2.12. The fourth-order valence-electron chi connectivity index (χ4n) is 1.48. The van der Waals surface area contributed by atoms with Gasteiger partial charge in [-0.2, -0.15) is 0 Å². The van der Waals surface area contributed by atoms with Crippen molar-refractivity contribution in [2.45, 2.75) is 6.61 Å². The molecule has 0 amide bonds. The predicted octanol–water partition coefficient (Wildman–Crippen LogP) is 4.19. The monoisotopic (exact) mass is 371 g/mol. The fourth-order valence-corrected chi connectivity index (χ4v) is 2.35. The van der Waals surface area contributed by atoms with Crippen LogP contribution < -0.4 is 9.47 Å². The van der Waals surface area contributed by atoms with Gasteiger partial charge in [0.15, 0.2) is 11.5 Å². The summed E-state index contributed by atoms with van der Waals surface area (Å²) in [6, 6.07) is 7.64. The number of nitrogens with zero attached hydrogens (tertiary/aromatic N) is 1. The summed E-state index contributed by atoms with van der Waals surface area (Å²) in [7, 11) is 1.62. The van der Waals surface area contributed by atoms with Crippen LogP contribution in [0.4, 0.5) is 0 Å². The van der Waals surface area contributed by atoms with E-state index in [4.69, 9.17) is 9.47 Å². The standard InChI is InChI=1S/C13H11Br2NO2/c1-17-12-4-2-3-11(15)13(12)18-8-9-5-10(14)7-16-6-9/h2-7H,8H2,1H3. The maximum Gasteiger partial charge on any atom is 0.175 e. The molecular formula is C13H11Br2NO2. The number of rotatable bonds is 4. The Morgan fingerprint density at radius 3 is 2.78 bits per heavy atom. The minimum atomic E-state index is 0.436. The van der Waals surface area contributed by atoms with Crippen LogP contribution in [0.5, 0.6) is 11.5 Å². The molecular weight excluding hydrogens is 362 g/mol. The van der Waals surface area contributed by atoms with Gasteiger partial charge < -0.3 is 9.47 Å². The lowest BCUT2D eigenvalue weighted by Crippen LogP contribution is -1.99. The van der Waals surface area contributed by atoms with E-state index in [1.807, 2.05) is 24.3 Å². The molecule has 2 aromatic rings. The molecule has 0 radical (unpaired) electrons. The molecule has 0 aliphatic heterocycles. The second-order valence-corrected chi connectivity index (χ2v) is 5.34. The lowest BCUT2D eigenvalue weighted by atomic mass is 10.3. The molecule has 0 unspecified atom stereocenters. The first-order valence-electron chi connectivity index (χ1n) is 5.25. The van der Waals surface area contributed by atoms with Crippen LogP contribution in [0, 0.1) is 0 Å². The van der Waals surface area contributed by atoms with Gasteiger partial charge in [0.2, 0.25) is 0 Å². The number of halogens is 2. The van der Waals surface area contributed by atoms with Crippen LogP contribution in [0.3, 0.4) is 0 Å². The minimum absolute atomic E-state index is 0.436. The number of aromatic nitrogens is 1. The smallest absolute Gasteiger partial charge is 0.175 e. The van der Waals surface area contributed by atoms with Gasteiger partial charge >= 0.3 is 0 Å². The third kappa shape index (κ3) is 3.23. The zero-order valence-corrected chi connectivity index (χ0v) is 12.9. The normalized spacial score (nSPS) is 10.2. The third-order valence-corrected chi connectivity index (χ3v) is 3.35. The van der Waals surface area contributed by atoms with Gasteiger partial charge in [-0.25, -0.2) is 0 Å². The van der Waals surface area contributed by atoms with Crippen LogP contribution >= 0.6 is 31.9 Å². The third-order valence-electron chi connectivity index (χ3n) is 2.30. The number of pyridine rings is 1. The molecule has 1 heterocycles. The average molecular weight is 373 g/mol. The van der Waals surface area contributed by atoms with Crippen molar-refractivity contribution in [1.82, 2.24) is 4.98 Å². The molecule has 0 atom stereocenters. The van der Waals surface area contributed by atoms with Crippen molar-refractivity contribution in [1.29, 1.82) is 0 Å². The van der Waals surface area contributed by atoms with Crippen LogP contribution in [0.2, 0.25) is 0 Å². The zero-order valence-electron chi connectivity index (χ0n) is 9.69. The summed E-state index contributed by atoms with van der Waals surface area (Å²) in [5, 5.41) is 0. The first kappa shape index (κ1) is 13.4. The molecule has 1 aromatic carbocycles. The molecule has 0 fully saturated rings. The Kier molecular flexibility index (Phi) is 4.60. The summed E-state index contributed by atoms with van der Waals surface area (Å²) in [6.07, 6.45) is 3.51. The number of methoxy groups -OCH3 is 1. The number of para-hydroxylation sites is 1. The van der Waals surface area contributed by atoms with E-state index in [0.29, 0.717) is 18.1 Å². The summed E-state index contributed by atoms with van der Waals surface area (Å²) in [5.41, 5.74) is 0.988. The van der Waals surface area contributed by atoms with Crippen LogP contribution in [-0.4, -0.2) is 12.1 Å². The highest BCUT2D eigenvalue weighted by Gasteiger charge is 2.08. The van der Waals surface area contributed by atoms with Crippen LogP contribution in [0.15, 0.2) is 45.6 Å². The quantitative estimate of drug-likeness (QED) is 0.806. The van der Waals surface area contributed by atoms with Crippen molar-refractivity contribution in [3.05, 3.63) is 51.2 Å². The van der Waals surface area contributed by atoms with E-state index < -0.39 is 0 Å². The van der Waals surface area contributed by atoms with E-state index in [1.54, 1.807) is 19.5 Å². The van der Waals surface area contributed by atoms with Gasteiger partial charge in [-0.15, -0.1) is 0 Å². The molecule has 0 saturated carbocycles. The molecule has 2 rings (SSSR count). The van der Waals surface area contributed by atoms with E-state index in [1.165, 1.54) is 0 Å². The highest BCUT2D eigenvalue weighted by atomic mass is 79.9. The summed E-state index contributed by atoms with van der Waals surface area (Å²) in [4.78, 5) is 4.09.